The van der Waals surface area contributed by atoms with Crippen LogP contribution in [0.4, 0.5) is 5.69 Å². The zero-order valence-electron chi connectivity index (χ0n) is 10.8. The Balaban J connectivity index is 2.50. The maximum absolute atomic E-state index is 12.0. The van der Waals surface area contributed by atoms with Crippen LogP contribution in [-0.2, 0) is 22.6 Å². The van der Waals surface area contributed by atoms with Gasteiger partial charge in [0, 0.05) is 23.8 Å². The number of benzene rings is 1. The number of rotatable bonds is 3. The molecule has 0 fully saturated rings. The smallest absolute Gasteiger partial charge is 0.158 e. The number of hydrogen-bond donors (Lipinski definition) is 1. The first kappa shape index (κ1) is 13.0. The summed E-state index contributed by atoms with van der Waals surface area (Å²) in [5, 5.41) is 0.654. The second kappa shape index (κ2) is 4.31. The third kappa shape index (κ3) is 2.22. The molecule has 0 saturated carbocycles. The number of anilines is 1. The zero-order valence-corrected chi connectivity index (χ0v) is 11.7. The van der Waals surface area contributed by atoms with E-state index in [0.29, 0.717) is 5.69 Å². The maximum Gasteiger partial charge on any atom is 0.158 e. The Kier molecular flexibility index (Phi) is 3.11. The molecule has 0 saturated heterocycles. The van der Waals surface area contributed by atoms with Gasteiger partial charge < -0.3 is 10.3 Å². The van der Waals surface area contributed by atoms with Crippen molar-refractivity contribution in [1.29, 1.82) is 0 Å². The molecule has 0 spiro atoms. The van der Waals surface area contributed by atoms with Crippen LogP contribution in [0.15, 0.2) is 24.3 Å². The molecule has 2 rings (SSSR count). The fraction of sp³-hybridized carbons (Fsp3) is 0.385. The van der Waals surface area contributed by atoms with Gasteiger partial charge in [-0.2, -0.15) is 0 Å². The summed E-state index contributed by atoms with van der Waals surface area (Å²) in [7, 11) is -1.22. The van der Waals surface area contributed by atoms with E-state index in [1.807, 2.05) is 35.9 Å². The summed E-state index contributed by atoms with van der Waals surface area (Å²) in [6.07, 6.45) is 0. The second-order valence-electron chi connectivity index (χ2n) is 4.87. The van der Waals surface area contributed by atoms with Crippen LogP contribution in [0.2, 0.25) is 0 Å². The van der Waals surface area contributed by atoms with Crippen LogP contribution in [0.5, 0.6) is 0 Å². The highest BCUT2D eigenvalue weighted by atomic mass is 32.2. The molecule has 0 bridgehead atoms. The van der Waals surface area contributed by atoms with E-state index >= 15 is 0 Å². The molecule has 5 heteroatoms. The van der Waals surface area contributed by atoms with Gasteiger partial charge in [0.2, 0.25) is 0 Å². The number of nitrogens with zero attached hydrogens (tertiary/aromatic N) is 1. The summed E-state index contributed by atoms with van der Waals surface area (Å²) in [5.74, 6) is 0.0652. The number of sulfone groups is 1. The largest absolute Gasteiger partial charge is 0.399 e. The van der Waals surface area contributed by atoms with Crippen molar-refractivity contribution >= 4 is 26.4 Å². The summed E-state index contributed by atoms with van der Waals surface area (Å²) in [4.78, 5) is 0. The van der Waals surface area contributed by atoms with Crippen LogP contribution in [0.1, 0.15) is 19.5 Å². The summed E-state index contributed by atoms with van der Waals surface area (Å²) in [6.45, 7) is 3.41. The molecular weight excluding hydrogens is 248 g/mol. The molecule has 0 radical (unpaired) electrons. The first-order valence-corrected chi connectivity index (χ1v) is 7.58. The lowest BCUT2D eigenvalue weighted by atomic mass is 10.2. The Morgan fingerprint density at radius 1 is 1.28 bits per heavy atom. The van der Waals surface area contributed by atoms with E-state index in [9.17, 15) is 8.42 Å². The molecule has 0 aliphatic heterocycles. The average molecular weight is 266 g/mol. The summed E-state index contributed by atoms with van der Waals surface area (Å²) in [5.41, 5.74) is 8.19. The first-order chi connectivity index (χ1) is 8.31. The number of nitrogens with two attached hydrogens (primary N) is 1. The maximum atomic E-state index is 12.0. The summed E-state index contributed by atoms with van der Waals surface area (Å²) >= 11 is 0. The molecule has 98 valence electrons. The fourth-order valence-corrected chi connectivity index (χ4v) is 2.94. The van der Waals surface area contributed by atoms with Crippen LogP contribution in [0.25, 0.3) is 10.9 Å². The number of aromatic nitrogens is 1. The molecule has 1 heterocycles. The number of nitrogen functional groups attached to an aromatic ring is 1. The van der Waals surface area contributed by atoms with Gasteiger partial charge in [-0.25, -0.2) is 8.42 Å². The van der Waals surface area contributed by atoms with Gasteiger partial charge in [0.1, 0.15) is 0 Å². The van der Waals surface area contributed by atoms with Gasteiger partial charge >= 0.3 is 0 Å². The molecule has 0 atom stereocenters. The van der Waals surface area contributed by atoms with Crippen molar-refractivity contribution in [2.24, 2.45) is 7.05 Å². The minimum atomic E-state index is -3.08. The summed E-state index contributed by atoms with van der Waals surface area (Å²) < 4.78 is 25.8. The number of hydrogen-bond acceptors (Lipinski definition) is 3. The first-order valence-electron chi connectivity index (χ1n) is 5.86. The minimum absolute atomic E-state index is 0.0652. The molecule has 1 aromatic heterocycles. The Bertz CT molecular complexity index is 684. The summed E-state index contributed by atoms with van der Waals surface area (Å²) in [6, 6.07) is 7.51. The van der Waals surface area contributed by atoms with E-state index < -0.39 is 9.84 Å². The number of aryl methyl sites for hydroxylation is 1. The molecular formula is C13H18N2O2S. The monoisotopic (exact) mass is 266 g/mol. The predicted molar refractivity (Wildman–Crippen MR) is 75.1 cm³/mol. The van der Waals surface area contributed by atoms with Gasteiger partial charge in [-0.15, -0.1) is 0 Å². The van der Waals surface area contributed by atoms with E-state index in [-0.39, 0.29) is 11.0 Å². The van der Waals surface area contributed by atoms with Crippen LogP contribution in [-0.4, -0.2) is 18.2 Å². The van der Waals surface area contributed by atoms with Gasteiger partial charge in [-0.1, -0.05) is 6.07 Å². The average Bonchev–Trinajstić information content (AvgIpc) is 2.56. The molecule has 2 N–H and O–H groups in total. The van der Waals surface area contributed by atoms with Crippen molar-refractivity contribution in [3.8, 4) is 0 Å². The van der Waals surface area contributed by atoms with Gasteiger partial charge in [0.15, 0.2) is 9.84 Å². The molecule has 0 aliphatic carbocycles. The van der Waals surface area contributed by atoms with E-state index in [1.54, 1.807) is 13.8 Å². The number of fused-ring (bicyclic) bond motifs is 1. The lowest BCUT2D eigenvalue weighted by Gasteiger charge is -2.08. The van der Waals surface area contributed by atoms with E-state index in [4.69, 9.17) is 5.73 Å². The highest BCUT2D eigenvalue weighted by Crippen LogP contribution is 2.23. The van der Waals surface area contributed by atoms with Crippen LogP contribution >= 0.6 is 0 Å². The quantitative estimate of drug-likeness (QED) is 0.865. The molecule has 1 aromatic carbocycles. The molecule has 0 aliphatic rings. The Morgan fingerprint density at radius 2 is 1.94 bits per heavy atom. The van der Waals surface area contributed by atoms with E-state index in [0.717, 1.165) is 16.6 Å². The molecule has 2 aromatic rings. The van der Waals surface area contributed by atoms with Gasteiger partial charge in [0.05, 0.1) is 16.5 Å². The Hall–Kier alpha value is -1.49. The van der Waals surface area contributed by atoms with Crippen molar-refractivity contribution in [3.05, 3.63) is 30.0 Å². The van der Waals surface area contributed by atoms with Crippen LogP contribution < -0.4 is 5.73 Å². The molecule has 18 heavy (non-hydrogen) atoms. The molecule has 0 unspecified atom stereocenters. The predicted octanol–water partition coefficient (Wildman–Crippen LogP) is 2.08. The highest BCUT2D eigenvalue weighted by Gasteiger charge is 2.19. The van der Waals surface area contributed by atoms with Crippen molar-refractivity contribution in [1.82, 2.24) is 4.57 Å². The normalized spacial score (nSPS) is 12.4. The van der Waals surface area contributed by atoms with Crippen molar-refractivity contribution in [3.63, 3.8) is 0 Å². The van der Waals surface area contributed by atoms with Gasteiger partial charge in [0.25, 0.3) is 0 Å². The van der Waals surface area contributed by atoms with Crippen LogP contribution in [0.3, 0.4) is 0 Å². The van der Waals surface area contributed by atoms with Crippen molar-refractivity contribution in [2.45, 2.75) is 24.9 Å². The molecule has 4 nitrogen and oxygen atoms in total. The van der Waals surface area contributed by atoms with Crippen molar-refractivity contribution in [2.75, 3.05) is 5.73 Å². The van der Waals surface area contributed by atoms with Gasteiger partial charge in [-0.05, 0) is 32.0 Å². The topological polar surface area (TPSA) is 65.1 Å². The van der Waals surface area contributed by atoms with Gasteiger partial charge in [-0.3, -0.25) is 0 Å². The lowest BCUT2D eigenvalue weighted by Crippen LogP contribution is -2.17. The second-order valence-corrected chi connectivity index (χ2v) is 7.43. The van der Waals surface area contributed by atoms with Crippen LogP contribution in [0, 0.1) is 0 Å². The fourth-order valence-electron chi connectivity index (χ4n) is 1.92. The van der Waals surface area contributed by atoms with E-state index in [1.165, 1.54) is 0 Å². The SMILES string of the molecule is CC(C)S(=O)(=O)Cc1cc2ccc(N)cc2n1C. The standard InChI is InChI=1S/C13H18N2O2S/c1-9(2)18(16,17)8-12-6-10-4-5-11(14)7-13(10)15(12)3/h4-7,9H,8,14H2,1-3H3. The Labute approximate surface area is 107 Å². The minimum Gasteiger partial charge on any atom is -0.399 e. The third-order valence-electron chi connectivity index (χ3n) is 3.24. The zero-order chi connectivity index (χ0) is 13.5. The van der Waals surface area contributed by atoms with E-state index in [2.05, 4.69) is 0 Å². The Morgan fingerprint density at radius 3 is 2.56 bits per heavy atom. The highest BCUT2D eigenvalue weighted by molar-refractivity contribution is 7.91. The molecule has 0 amide bonds. The van der Waals surface area contributed by atoms with Crippen molar-refractivity contribution < 1.29 is 8.42 Å². The lowest BCUT2D eigenvalue weighted by molar-refractivity contribution is 0.585. The third-order valence-corrected chi connectivity index (χ3v) is 5.37.